The van der Waals surface area contributed by atoms with Crippen LogP contribution in [0.25, 0.3) is 0 Å². The highest BCUT2D eigenvalue weighted by Crippen LogP contribution is 2.33. The van der Waals surface area contributed by atoms with Crippen LogP contribution in [0.3, 0.4) is 0 Å². The molecular weight excluding hydrogens is 267 g/mol. The molecule has 1 atom stereocenters. The molecule has 0 amide bonds. The van der Waals surface area contributed by atoms with Gasteiger partial charge >= 0.3 is 0 Å². The van der Waals surface area contributed by atoms with Gasteiger partial charge in [0.25, 0.3) is 0 Å². The second kappa shape index (κ2) is 5.27. The van der Waals surface area contributed by atoms with E-state index in [-0.39, 0.29) is 0 Å². The lowest BCUT2D eigenvalue weighted by molar-refractivity contribution is 0.517. The zero-order valence-corrected chi connectivity index (χ0v) is 11.5. The van der Waals surface area contributed by atoms with Crippen LogP contribution < -0.4 is 5.73 Å². The summed E-state index contributed by atoms with van der Waals surface area (Å²) in [4.78, 5) is 4.13. The molecule has 4 heteroatoms. The molecule has 0 bridgehead atoms. The first-order valence-electron chi connectivity index (χ1n) is 5.73. The number of aromatic nitrogens is 1. The predicted octanol–water partition coefficient (Wildman–Crippen LogP) is 4.00. The van der Waals surface area contributed by atoms with Crippen molar-refractivity contribution in [2.24, 2.45) is 5.73 Å². The molecule has 1 aromatic carbocycles. The summed E-state index contributed by atoms with van der Waals surface area (Å²) in [5, 5.41) is 1.05. The Balaban J connectivity index is 2.53. The summed E-state index contributed by atoms with van der Waals surface area (Å²) < 4.78 is 0. The molecule has 0 aliphatic carbocycles. The van der Waals surface area contributed by atoms with Crippen LogP contribution in [0.2, 0.25) is 10.0 Å². The number of pyridine rings is 1. The molecule has 0 fully saturated rings. The molecule has 94 valence electrons. The topological polar surface area (TPSA) is 38.9 Å². The number of hydrogen-bond acceptors (Lipinski definition) is 2. The zero-order chi connectivity index (χ0) is 13.2. The second-order valence-electron chi connectivity index (χ2n) is 4.20. The van der Waals surface area contributed by atoms with Crippen LogP contribution in [0, 0.1) is 0 Å². The van der Waals surface area contributed by atoms with E-state index in [9.17, 15) is 0 Å². The normalized spacial score (nSPS) is 14.2. The summed E-state index contributed by atoms with van der Waals surface area (Å²) in [5.41, 5.74) is 7.82. The van der Waals surface area contributed by atoms with Crippen molar-refractivity contribution in [3.8, 4) is 0 Å². The third-order valence-electron chi connectivity index (χ3n) is 3.17. The van der Waals surface area contributed by atoms with E-state index in [1.54, 1.807) is 18.5 Å². The van der Waals surface area contributed by atoms with E-state index < -0.39 is 5.54 Å². The third kappa shape index (κ3) is 2.37. The number of benzene rings is 1. The molecule has 0 saturated heterocycles. The van der Waals surface area contributed by atoms with Gasteiger partial charge in [-0.15, -0.1) is 0 Å². The quantitative estimate of drug-likeness (QED) is 0.923. The molecular formula is C14H14Cl2N2. The van der Waals surface area contributed by atoms with Gasteiger partial charge in [-0.2, -0.15) is 0 Å². The Morgan fingerprint density at radius 2 is 1.94 bits per heavy atom. The lowest BCUT2D eigenvalue weighted by Gasteiger charge is -2.29. The van der Waals surface area contributed by atoms with Crippen molar-refractivity contribution in [2.75, 3.05) is 0 Å². The average molecular weight is 281 g/mol. The first-order valence-corrected chi connectivity index (χ1v) is 6.48. The molecule has 1 aromatic heterocycles. The van der Waals surface area contributed by atoms with Crippen molar-refractivity contribution in [1.29, 1.82) is 0 Å². The van der Waals surface area contributed by atoms with E-state index in [0.717, 1.165) is 17.5 Å². The minimum Gasteiger partial charge on any atom is -0.318 e. The van der Waals surface area contributed by atoms with Gasteiger partial charge in [-0.1, -0.05) is 42.3 Å². The van der Waals surface area contributed by atoms with E-state index in [1.165, 1.54) is 0 Å². The summed E-state index contributed by atoms with van der Waals surface area (Å²) in [5.74, 6) is 0. The summed E-state index contributed by atoms with van der Waals surface area (Å²) in [6.45, 7) is 2.04. The summed E-state index contributed by atoms with van der Waals surface area (Å²) in [6, 6.07) is 9.35. The van der Waals surface area contributed by atoms with Crippen molar-refractivity contribution in [3.05, 3.63) is 63.9 Å². The Morgan fingerprint density at radius 1 is 1.17 bits per heavy atom. The highest BCUT2D eigenvalue weighted by molar-refractivity contribution is 6.42. The number of hydrogen-bond donors (Lipinski definition) is 1. The predicted molar refractivity (Wildman–Crippen MR) is 76.0 cm³/mol. The standard InChI is InChI=1S/C14H14Cl2N2/c1-2-14(17,11-4-3-7-18-9-11)10-5-6-12(15)13(16)8-10/h3-9H,2,17H2,1H3. The van der Waals surface area contributed by atoms with Gasteiger partial charge < -0.3 is 5.73 Å². The maximum Gasteiger partial charge on any atom is 0.0678 e. The van der Waals surface area contributed by atoms with Crippen molar-refractivity contribution in [1.82, 2.24) is 4.98 Å². The van der Waals surface area contributed by atoms with Crippen LogP contribution in [0.1, 0.15) is 24.5 Å². The molecule has 0 aliphatic heterocycles. The third-order valence-corrected chi connectivity index (χ3v) is 3.91. The van der Waals surface area contributed by atoms with Gasteiger partial charge in [0.2, 0.25) is 0 Å². The van der Waals surface area contributed by atoms with Gasteiger partial charge in [0, 0.05) is 12.4 Å². The van der Waals surface area contributed by atoms with Gasteiger partial charge in [-0.3, -0.25) is 4.98 Å². The lowest BCUT2D eigenvalue weighted by atomic mass is 9.82. The van der Waals surface area contributed by atoms with Gasteiger partial charge in [0.1, 0.15) is 0 Å². The van der Waals surface area contributed by atoms with E-state index in [1.807, 2.05) is 31.2 Å². The Bertz CT molecular complexity index is 543. The lowest BCUT2D eigenvalue weighted by Crippen LogP contribution is -2.37. The molecule has 2 rings (SSSR count). The number of nitrogens with zero attached hydrogens (tertiary/aromatic N) is 1. The summed E-state index contributed by atoms with van der Waals surface area (Å²) in [7, 11) is 0. The zero-order valence-electron chi connectivity index (χ0n) is 10.0. The fourth-order valence-corrected chi connectivity index (χ4v) is 2.27. The minimum absolute atomic E-state index is 0.515. The molecule has 0 aliphatic rings. The van der Waals surface area contributed by atoms with Crippen LogP contribution >= 0.6 is 23.2 Å². The molecule has 2 aromatic rings. The van der Waals surface area contributed by atoms with Crippen molar-refractivity contribution in [2.45, 2.75) is 18.9 Å². The van der Waals surface area contributed by atoms with E-state index >= 15 is 0 Å². The molecule has 2 nitrogen and oxygen atoms in total. The SMILES string of the molecule is CCC(N)(c1cccnc1)c1ccc(Cl)c(Cl)c1. The second-order valence-corrected chi connectivity index (χ2v) is 5.01. The molecule has 0 saturated carbocycles. The Morgan fingerprint density at radius 3 is 2.50 bits per heavy atom. The molecule has 18 heavy (non-hydrogen) atoms. The van der Waals surface area contributed by atoms with Crippen LogP contribution in [0.15, 0.2) is 42.7 Å². The number of nitrogens with two attached hydrogens (primary N) is 1. The Labute approximate surface area is 117 Å². The fourth-order valence-electron chi connectivity index (χ4n) is 1.98. The molecule has 1 heterocycles. The van der Waals surface area contributed by atoms with Crippen LogP contribution in [-0.4, -0.2) is 4.98 Å². The number of halogens is 2. The molecule has 0 spiro atoms. The van der Waals surface area contributed by atoms with Crippen molar-refractivity contribution in [3.63, 3.8) is 0 Å². The molecule has 1 unspecified atom stereocenters. The highest BCUT2D eigenvalue weighted by Gasteiger charge is 2.28. The first-order chi connectivity index (χ1) is 8.58. The molecule has 2 N–H and O–H groups in total. The van der Waals surface area contributed by atoms with Gasteiger partial charge in [-0.05, 0) is 35.7 Å². The smallest absolute Gasteiger partial charge is 0.0678 e. The number of rotatable bonds is 3. The van der Waals surface area contributed by atoms with Crippen LogP contribution in [0.5, 0.6) is 0 Å². The van der Waals surface area contributed by atoms with E-state index in [4.69, 9.17) is 28.9 Å². The Hall–Kier alpha value is -1.09. The van der Waals surface area contributed by atoms with Crippen molar-refractivity contribution >= 4 is 23.2 Å². The first kappa shape index (κ1) is 13.3. The van der Waals surface area contributed by atoms with Gasteiger partial charge in [-0.25, -0.2) is 0 Å². The fraction of sp³-hybridized carbons (Fsp3) is 0.214. The van der Waals surface area contributed by atoms with Gasteiger partial charge in [0.05, 0.1) is 15.6 Å². The Kier molecular flexibility index (Phi) is 3.91. The van der Waals surface area contributed by atoms with Crippen molar-refractivity contribution < 1.29 is 0 Å². The van der Waals surface area contributed by atoms with E-state index in [0.29, 0.717) is 10.0 Å². The highest BCUT2D eigenvalue weighted by atomic mass is 35.5. The largest absolute Gasteiger partial charge is 0.318 e. The monoisotopic (exact) mass is 280 g/mol. The van der Waals surface area contributed by atoms with Crippen LogP contribution in [0.4, 0.5) is 0 Å². The van der Waals surface area contributed by atoms with Crippen LogP contribution in [-0.2, 0) is 5.54 Å². The summed E-state index contributed by atoms with van der Waals surface area (Å²) in [6.07, 6.45) is 4.26. The minimum atomic E-state index is -0.595. The maximum atomic E-state index is 6.52. The maximum absolute atomic E-state index is 6.52. The average Bonchev–Trinajstić information content (AvgIpc) is 2.42. The summed E-state index contributed by atoms with van der Waals surface area (Å²) >= 11 is 12.0. The van der Waals surface area contributed by atoms with E-state index in [2.05, 4.69) is 4.98 Å². The molecule has 0 radical (unpaired) electrons. The van der Waals surface area contributed by atoms with Gasteiger partial charge in [0.15, 0.2) is 0 Å².